The Hall–Kier alpha value is -1.29. The van der Waals surface area contributed by atoms with Crippen LogP contribution in [0.1, 0.15) is 0 Å². The minimum Gasteiger partial charge on any atom is -0.333 e. The van der Waals surface area contributed by atoms with Crippen molar-refractivity contribution in [3.8, 4) is 0 Å². The molecule has 0 amide bonds. The summed E-state index contributed by atoms with van der Waals surface area (Å²) in [5, 5.41) is 9.06. The number of aromatic nitrogens is 2. The molecule has 0 fully saturated rings. The van der Waals surface area contributed by atoms with Gasteiger partial charge in [-0.05, 0) is 35.6 Å². The molecule has 0 unspecified atom stereocenters. The van der Waals surface area contributed by atoms with E-state index in [1.807, 2.05) is 35.9 Å². The Bertz CT molecular complexity index is 207. The molecule has 12 heavy (non-hydrogen) atoms. The maximum atomic E-state index is 3.53. The second kappa shape index (κ2) is 6.42. The summed E-state index contributed by atoms with van der Waals surface area (Å²) in [6.07, 6.45) is 9.11. The van der Waals surface area contributed by atoms with Crippen LogP contribution in [-0.4, -0.2) is 10.2 Å². The molecular formula is C8H9N3S. The topological polar surface area (TPSA) is 37.8 Å². The van der Waals surface area contributed by atoms with Crippen molar-refractivity contribution < 1.29 is 0 Å². The predicted octanol–water partition coefficient (Wildman–Crippen LogP) is 1.74. The Labute approximate surface area is 75.7 Å². The van der Waals surface area contributed by atoms with Crippen LogP contribution in [0.15, 0.2) is 48.3 Å². The van der Waals surface area contributed by atoms with E-state index in [2.05, 4.69) is 14.9 Å². The van der Waals surface area contributed by atoms with Crippen molar-refractivity contribution in [2.75, 3.05) is 0 Å². The summed E-state index contributed by atoms with van der Waals surface area (Å²) in [6, 6.07) is 3.65. The molecule has 0 bridgehead atoms. The fourth-order valence-corrected chi connectivity index (χ4v) is 0.916. The van der Waals surface area contributed by atoms with Crippen molar-refractivity contribution >= 4 is 11.9 Å². The van der Waals surface area contributed by atoms with Crippen LogP contribution in [0, 0.1) is 0 Å². The standard InChI is InChI=1S/C4H4N2.C4H5NS/c2*1-2-4-6-5-3-1/h1-4H;1-5H. The molecule has 1 aromatic rings. The molecule has 0 radical (unpaired) electrons. The molecule has 62 valence electrons. The van der Waals surface area contributed by atoms with E-state index in [4.69, 9.17) is 0 Å². The number of nitrogens with zero attached hydrogens (tertiary/aromatic N) is 2. The smallest absolute Gasteiger partial charge is 0.0496 e. The Morgan fingerprint density at radius 1 is 1.00 bits per heavy atom. The molecule has 1 N–H and O–H groups in total. The highest BCUT2D eigenvalue weighted by Gasteiger charge is 1.74. The molecule has 1 aliphatic rings. The van der Waals surface area contributed by atoms with Crippen LogP contribution in [0.5, 0.6) is 0 Å². The summed E-state index contributed by atoms with van der Waals surface area (Å²) in [6.45, 7) is 0. The molecule has 0 atom stereocenters. The van der Waals surface area contributed by atoms with Gasteiger partial charge in [-0.3, -0.25) is 0 Å². The van der Waals surface area contributed by atoms with Gasteiger partial charge in [0, 0.05) is 18.6 Å². The van der Waals surface area contributed by atoms with Crippen LogP contribution in [0.25, 0.3) is 0 Å². The maximum absolute atomic E-state index is 3.53. The molecule has 2 heterocycles. The normalized spacial score (nSPS) is 12.7. The molecule has 1 aromatic heterocycles. The van der Waals surface area contributed by atoms with Crippen LogP contribution < -0.4 is 4.72 Å². The van der Waals surface area contributed by atoms with Gasteiger partial charge in [-0.1, -0.05) is 6.08 Å². The summed E-state index contributed by atoms with van der Waals surface area (Å²) in [4.78, 5) is 0. The van der Waals surface area contributed by atoms with E-state index in [0.29, 0.717) is 0 Å². The van der Waals surface area contributed by atoms with Crippen molar-refractivity contribution in [2.45, 2.75) is 0 Å². The van der Waals surface area contributed by atoms with Crippen molar-refractivity contribution in [1.29, 1.82) is 0 Å². The quantitative estimate of drug-likeness (QED) is 0.616. The molecule has 0 saturated heterocycles. The lowest BCUT2D eigenvalue weighted by Gasteiger charge is -1.93. The second-order valence-electron chi connectivity index (χ2n) is 1.84. The third kappa shape index (κ3) is 4.51. The predicted molar refractivity (Wildman–Crippen MR) is 51.0 cm³/mol. The second-order valence-corrected chi connectivity index (χ2v) is 2.58. The highest BCUT2D eigenvalue weighted by atomic mass is 32.2. The molecule has 3 nitrogen and oxygen atoms in total. The molecule has 1 aliphatic heterocycles. The summed E-state index contributed by atoms with van der Waals surface area (Å²) >= 11 is 1.58. The van der Waals surface area contributed by atoms with Gasteiger partial charge in [0.2, 0.25) is 0 Å². The number of allylic oxidation sites excluding steroid dienone is 2. The minimum absolute atomic E-state index is 1.58. The molecule has 0 aromatic carbocycles. The molecular weight excluding hydrogens is 170 g/mol. The summed E-state index contributed by atoms with van der Waals surface area (Å²) in [5.41, 5.74) is 0. The third-order valence-corrected chi connectivity index (χ3v) is 1.54. The summed E-state index contributed by atoms with van der Waals surface area (Å²) in [5.74, 6) is 0. The average molecular weight is 179 g/mol. The summed E-state index contributed by atoms with van der Waals surface area (Å²) < 4.78 is 2.93. The molecule has 0 aliphatic carbocycles. The zero-order valence-corrected chi connectivity index (χ0v) is 7.24. The third-order valence-electron chi connectivity index (χ3n) is 0.973. The fraction of sp³-hybridized carbons (Fsp3) is 0. The van der Waals surface area contributed by atoms with Gasteiger partial charge in [0.25, 0.3) is 0 Å². The van der Waals surface area contributed by atoms with Gasteiger partial charge in [-0.2, -0.15) is 10.2 Å². The zero-order valence-electron chi connectivity index (χ0n) is 6.42. The van der Waals surface area contributed by atoms with E-state index in [9.17, 15) is 0 Å². The first-order chi connectivity index (χ1) is 6.00. The van der Waals surface area contributed by atoms with Gasteiger partial charge >= 0.3 is 0 Å². The molecule has 0 spiro atoms. The van der Waals surface area contributed by atoms with E-state index in [1.165, 1.54) is 0 Å². The highest BCUT2D eigenvalue weighted by Crippen LogP contribution is 1.98. The maximum Gasteiger partial charge on any atom is 0.0496 e. The lowest BCUT2D eigenvalue weighted by molar-refractivity contribution is 1.03. The molecule has 2 rings (SSSR count). The van der Waals surface area contributed by atoms with Crippen LogP contribution in [0.4, 0.5) is 0 Å². The average Bonchev–Trinajstić information content (AvgIpc) is 2.24. The Morgan fingerprint density at radius 2 is 1.75 bits per heavy atom. The molecule has 4 heteroatoms. The van der Waals surface area contributed by atoms with E-state index in [1.54, 1.807) is 24.3 Å². The van der Waals surface area contributed by atoms with Crippen molar-refractivity contribution in [2.24, 2.45) is 0 Å². The van der Waals surface area contributed by atoms with Gasteiger partial charge < -0.3 is 4.72 Å². The minimum atomic E-state index is 1.58. The van der Waals surface area contributed by atoms with E-state index < -0.39 is 0 Å². The van der Waals surface area contributed by atoms with Crippen molar-refractivity contribution in [3.63, 3.8) is 0 Å². The van der Waals surface area contributed by atoms with Gasteiger partial charge in [0.15, 0.2) is 0 Å². The monoisotopic (exact) mass is 179 g/mol. The Morgan fingerprint density at radius 3 is 1.92 bits per heavy atom. The first-order valence-corrected chi connectivity index (χ1v) is 4.32. The zero-order chi connectivity index (χ0) is 8.49. The van der Waals surface area contributed by atoms with Crippen LogP contribution in [0.3, 0.4) is 0 Å². The fourth-order valence-electron chi connectivity index (χ4n) is 0.511. The van der Waals surface area contributed by atoms with E-state index in [0.717, 1.165) is 0 Å². The number of hydrogen-bond donors (Lipinski definition) is 1. The highest BCUT2D eigenvalue weighted by molar-refractivity contribution is 8.00. The Balaban J connectivity index is 0.000000120. The van der Waals surface area contributed by atoms with Gasteiger partial charge in [0.1, 0.15) is 0 Å². The lowest BCUT2D eigenvalue weighted by atomic mass is 10.6. The van der Waals surface area contributed by atoms with E-state index in [-0.39, 0.29) is 0 Å². The first-order valence-electron chi connectivity index (χ1n) is 3.44. The van der Waals surface area contributed by atoms with Crippen molar-refractivity contribution in [3.05, 3.63) is 48.3 Å². The Kier molecular flexibility index (Phi) is 4.71. The van der Waals surface area contributed by atoms with E-state index >= 15 is 0 Å². The van der Waals surface area contributed by atoms with Crippen LogP contribution in [-0.2, 0) is 0 Å². The lowest BCUT2D eigenvalue weighted by Crippen LogP contribution is -1.88. The van der Waals surface area contributed by atoms with Crippen molar-refractivity contribution in [1.82, 2.24) is 14.9 Å². The number of nitrogens with one attached hydrogen (secondary N) is 1. The van der Waals surface area contributed by atoms with Gasteiger partial charge in [-0.25, -0.2) is 0 Å². The van der Waals surface area contributed by atoms with Crippen LogP contribution in [0.2, 0.25) is 0 Å². The number of hydrogen-bond acceptors (Lipinski definition) is 4. The largest absolute Gasteiger partial charge is 0.333 e. The molecule has 0 saturated carbocycles. The SMILES string of the molecule is C1=CNSC=C1.c1ccnnc1. The van der Waals surface area contributed by atoms with Gasteiger partial charge in [0.05, 0.1) is 0 Å². The summed E-state index contributed by atoms with van der Waals surface area (Å²) in [7, 11) is 0. The van der Waals surface area contributed by atoms with Crippen LogP contribution >= 0.6 is 11.9 Å². The number of rotatable bonds is 0. The van der Waals surface area contributed by atoms with Gasteiger partial charge in [-0.15, -0.1) is 0 Å². The first kappa shape index (κ1) is 8.80.